The van der Waals surface area contributed by atoms with Crippen molar-refractivity contribution >= 4 is 29.5 Å². The van der Waals surface area contributed by atoms with Crippen molar-refractivity contribution in [2.75, 3.05) is 0 Å². The first kappa shape index (κ1) is 8.74. The van der Waals surface area contributed by atoms with Crippen LogP contribution in [0.2, 0.25) is 0 Å². The van der Waals surface area contributed by atoms with E-state index in [9.17, 15) is 0 Å². The van der Waals surface area contributed by atoms with Crippen molar-refractivity contribution in [1.82, 2.24) is 15.2 Å². The van der Waals surface area contributed by atoms with Crippen LogP contribution in [0.3, 0.4) is 0 Å². The maximum absolute atomic E-state index is 4.12. The minimum absolute atomic E-state index is 0. The van der Waals surface area contributed by atoms with Crippen LogP contribution in [0.1, 0.15) is 5.56 Å². The average molecular weight is 182 g/mol. The van der Waals surface area contributed by atoms with Gasteiger partial charge in [-0.05, 0) is 11.6 Å². The van der Waals surface area contributed by atoms with Crippen LogP contribution in [0, 0.1) is 0 Å². The van der Waals surface area contributed by atoms with Gasteiger partial charge in [-0.15, -0.1) is 12.4 Å². The van der Waals surface area contributed by atoms with Crippen LogP contribution in [-0.4, -0.2) is 15.2 Å². The molecule has 0 aliphatic heterocycles. The van der Waals surface area contributed by atoms with Gasteiger partial charge in [-0.2, -0.15) is 5.10 Å². The third-order valence-electron chi connectivity index (χ3n) is 1.55. The molecule has 3 nitrogen and oxygen atoms in total. The summed E-state index contributed by atoms with van der Waals surface area (Å²) >= 11 is 0. The van der Waals surface area contributed by atoms with Crippen LogP contribution in [0.25, 0.3) is 17.1 Å². The number of nitrogens with one attached hydrogen (secondary N) is 1. The molecule has 2 aromatic heterocycles. The van der Waals surface area contributed by atoms with E-state index in [4.69, 9.17) is 0 Å². The Kier molecular flexibility index (Phi) is 2.45. The summed E-state index contributed by atoms with van der Waals surface area (Å²) < 4.78 is 0. The molecule has 0 saturated carbocycles. The molecular weight excluding hydrogens is 174 g/mol. The van der Waals surface area contributed by atoms with Crippen molar-refractivity contribution in [1.29, 1.82) is 0 Å². The minimum atomic E-state index is 0. The maximum atomic E-state index is 4.12. The highest BCUT2D eigenvalue weighted by Gasteiger charge is 1.94. The molecule has 2 rings (SSSR count). The van der Waals surface area contributed by atoms with Crippen LogP contribution >= 0.6 is 12.4 Å². The van der Waals surface area contributed by atoms with Gasteiger partial charge in [0.2, 0.25) is 0 Å². The molecule has 2 heterocycles. The molecule has 0 spiro atoms. The number of rotatable bonds is 1. The Balaban J connectivity index is 0.000000720. The molecule has 0 aromatic carbocycles. The summed E-state index contributed by atoms with van der Waals surface area (Å²) in [5, 5.41) is 7.65. The van der Waals surface area contributed by atoms with Gasteiger partial charge < -0.3 is 0 Å². The molecular formula is C8H8ClN3. The van der Waals surface area contributed by atoms with E-state index in [1.807, 2.05) is 6.07 Å². The number of halogens is 1. The zero-order valence-corrected chi connectivity index (χ0v) is 7.14. The van der Waals surface area contributed by atoms with Gasteiger partial charge in [0, 0.05) is 11.6 Å². The standard InChI is InChI=1S/C8H7N3.ClH/c1-2-6-3-7-5-10-11-8(7)9-4-6;/h2-5H,1H2,(H,9,10,11);1H. The van der Waals surface area contributed by atoms with E-state index in [-0.39, 0.29) is 12.4 Å². The molecule has 0 radical (unpaired) electrons. The molecule has 0 unspecified atom stereocenters. The van der Waals surface area contributed by atoms with E-state index >= 15 is 0 Å². The molecule has 0 fully saturated rings. The normalized spacial score (nSPS) is 9.33. The Bertz CT molecular complexity index is 394. The molecule has 0 saturated heterocycles. The Hall–Kier alpha value is -1.35. The second-order valence-electron chi connectivity index (χ2n) is 2.28. The summed E-state index contributed by atoms with van der Waals surface area (Å²) in [6, 6.07) is 1.98. The highest BCUT2D eigenvalue weighted by molar-refractivity contribution is 5.85. The summed E-state index contributed by atoms with van der Waals surface area (Å²) in [5.74, 6) is 0. The van der Waals surface area contributed by atoms with E-state index in [2.05, 4.69) is 21.8 Å². The van der Waals surface area contributed by atoms with E-state index in [1.54, 1.807) is 18.5 Å². The zero-order chi connectivity index (χ0) is 7.68. The van der Waals surface area contributed by atoms with E-state index in [0.29, 0.717) is 0 Å². The Morgan fingerprint density at radius 1 is 1.42 bits per heavy atom. The van der Waals surface area contributed by atoms with Crippen LogP contribution in [-0.2, 0) is 0 Å². The number of aromatic nitrogens is 3. The number of hydrogen-bond donors (Lipinski definition) is 1. The fourth-order valence-electron chi connectivity index (χ4n) is 0.965. The van der Waals surface area contributed by atoms with Crippen LogP contribution < -0.4 is 0 Å². The van der Waals surface area contributed by atoms with Gasteiger partial charge in [0.1, 0.15) is 0 Å². The van der Waals surface area contributed by atoms with Crippen molar-refractivity contribution in [2.24, 2.45) is 0 Å². The lowest BCUT2D eigenvalue weighted by molar-refractivity contribution is 1.10. The van der Waals surface area contributed by atoms with E-state index in [1.165, 1.54) is 0 Å². The summed E-state index contributed by atoms with van der Waals surface area (Å²) in [7, 11) is 0. The molecule has 0 aliphatic carbocycles. The van der Waals surface area contributed by atoms with Gasteiger partial charge >= 0.3 is 0 Å². The number of fused-ring (bicyclic) bond motifs is 1. The second-order valence-corrected chi connectivity index (χ2v) is 2.28. The largest absolute Gasteiger partial charge is 0.261 e. The predicted octanol–water partition coefficient (Wildman–Crippen LogP) is 2.02. The lowest BCUT2D eigenvalue weighted by atomic mass is 10.2. The summed E-state index contributed by atoms with van der Waals surface area (Å²) in [4.78, 5) is 4.12. The second kappa shape index (κ2) is 3.36. The Morgan fingerprint density at radius 2 is 2.25 bits per heavy atom. The molecule has 4 heteroatoms. The first-order chi connectivity index (χ1) is 5.40. The maximum Gasteiger partial charge on any atom is 0.155 e. The van der Waals surface area contributed by atoms with Crippen molar-refractivity contribution in [3.05, 3.63) is 30.6 Å². The number of nitrogens with zero attached hydrogens (tertiary/aromatic N) is 2. The number of H-pyrrole nitrogens is 1. The fourth-order valence-corrected chi connectivity index (χ4v) is 0.965. The van der Waals surface area contributed by atoms with Crippen LogP contribution in [0.4, 0.5) is 0 Å². The number of pyridine rings is 1. The third kappa shape index (κ3) is 1.31. The minimum Gasteiger partial charge on any atom is -0.261 e. The summed E-state index contributed by atoms with van der Waals surface area (Å²) in [5.41, 5.74) is 1.83. The average Bonchev–Trinajstić information content (AvgIpc) is 2.50. The van der Waals surface area contributed by atoms with E-state index in [0.717, 1.165) is 16.6 Å². The van der Waals surface area contributed by atoms with Gasteiger partial charge in [-0.1, -0.05) is 12.7 Å². The SMILES string of the molecule is C=Cc1cnc2[nH]ncc2c1.Cl. The lowest BCUT2D eigenvalue weighted by Gasteiger charge is -1.89. The first-order valence-corrected chi connectivity index (χ1v) is 3.32. The smallest absolute Gasteiger partial charge is 0.155 e. The predicted molar refractivity (Wildman–Crippen MR) is 51.2 cm³/mol. The fraction of sp³-hybridized carbons (Fsp3) is 0. The van der Waals surface area contributed by atoms with Crippen molar-refractivity contribution < 1.29 is 0 Å². The highest BCUT2D eigenvalue weighted by Crippen LogP contribution is 2.09. The van der Waals surface area contributed by atoms with Gasteiger partial charge in [-0.3, -0.25) is 5.10 Å². The van der Waals surface area contributed by atoms with Crippen LogP contribution in [0.15, 0.2) is 25.0 Å². The quantitative estimate of drug-likeness (QED) is 0.732. The molecule has 0 amide bonds. The molecule has 1 N–H and O–H groups in total. The van der Waals surface area contributed by atoms with Gasteiger partial charge in [0.15, 0.2) is 5.65 Å². The Morgan fingerprint density at radius 3 is 3.00 bits per heavy atom. The first-order valence-electron chi connectivity index (χ1n) is 3.32. The number of hydrogen-bond acceptors (Lipinski definition) is 2. The monoisotopic (exact) mass is 181 g/mol. The summed E-state index contributed by atoms with van der Waals surface area (Å²) in [6.07, 6.45) is 5.27. The molecule has 0 bridgehead atoms. The number of aromatic amines is 1. The lowest BCUT2D eigenvalue weighted by Crippen LogP contribution is -1.77. The molecule has 12 heavy (non-hydrogen) atoms. The molecule has 0 atom stereocenters. The van der Waals surface area contributed by atoms with E-state index < -0.39 is 0 Å². The van der Waals surface area contributed by atoms with Crippen molar-refractivity contribution in [3.8, 4) is 0 Å². The topological polar surface area (TPSA) is 41.6 Å². The van der Waals surface area contributed by atoms with Crippen LogP contribution in [0.5, 0.6) is 0 Å². The summed E-state index contributed by atoms with van der Waals surface area (Å²) in [6.45, 7) is 3.65. The zero-order valence-electron chi connectivity index (χ0n) is 6.32. The van der Waals surface area contributed by atoms with Gasteiger partial charge in [0.05, 0.1) is 6.20 Å². The van der Waals surface area contributed by atoms with Crippen molar-refractivity contribution in [3.63, 3.8) is 0 Å². The van der Waals surface area contributed by atoms with Gasteiger partial charge in [0.25, 0.3) is 0 Å². The molecule has 2 aromatic rings. The third-order valence-corrected chi connectivity index (χ3v) is 1.55. The molecule has 62 valence electrons. The van der Waals surface area contributed by atoms with Gasteiger partial charge in [-0.25, -0.2) is 4.98 Å². The molecule has 0 aliphatic rings. The van der Waals surface area contributed by atoms with Crippen molar-refractivity contribution in [2.45, 2.75) is 0 Å². The Labute approximate surface area is 75.9 Å². The highest BCUT2D eigenvalue weighted by atomic mass is 35.5.